The minimum absolute atomic E-state index is 0.174. The molecule has 0 bridgehead atoms. The molecule has 0 spiro atoms. The molecule has 5 heteroatoms. The average molecular weight is 340 g/mol. The fraction of sp³-hybridized carbons (Fsp3) is 0.300. The number of carbonyl (C=O) groups excluding carboxylic acids is 2. The van der Waals surface area contributed by atoms with Gasteiger partial charge in [0.05, 0.1) is 0 Å². The zero-order valence-corrected chi connectivity index (χ0v) is 14.4. The Kier molecular flexibility index (Phi) is 7.16. The van der Waals surface area contributed by atoms with Crippen molar-refractivity contribution < 1.29 is 14.3 Å². The lowest BCUT2D eigenvalue weighted by atomic mass is 10.0. The van der Waals surface area contributed by atoms with Crippen molar-refractivity contribution in [3.63, 3.8) is 0 Å². The molecule has 0 aliphatic heterocycles. The average Bonchev–Trinajstić information content (AvgIpc) is 2.66. The summed E-state index contributed by atoms with van der Waals surface area (Å²) in [6.45, 7) is 2.13. The van der Waals surface area contributed by atoms with Gasteiger partial charge in [0.1, 0.15) is 12.6 Å². The van der Waals surface area contributed by atoms with Crippen LogP contribution in [0.15, 0.2) is 60.7 Å². The number of rotatable bonds is 8. The largest absolute Gasteiger partial charge is 0.459 e. The third-order valence-electron chi connectivity index (χ3n) is 3.91. The van der Waals surface area contributed by atoms with E-state index in [1.54, 1.807) is 6.92 Å². The molecule has 1 unspecified atom stereocenters. The van der Waals surface area contributed by atoms with E-state index < -0.39 is 12.0 Å². The molecule has 0 saturated carbocycles. The summed E-state index contributed by atoms with van der Waals surface area (Å²) in [5, 5.41) is 2.76. The predicted molar refractivity (Wildman–Crippen MR) is 96.5 cm³/mol. The first-order chi connectivity index (χ1) is 12.1. The standard InChI is InChI=1S/C20H24N2O3/c1-15(13-21)19(23)22-18(12-16-8-4-2-5-9-16)20(24)25-14-17-10-6-3-7-11-17/h2-11,15,18H,12-14,21H2,1H3,(H,22,23)/t15?,18-/m0/s1. The number of amides is 1. The molecule has 2 aromatic carbocycles. The van der Waals surface area contributed by atoms with Crippen LogP contribution in [-0.4, -0.2) is 24.5 Å². The van der Waals surface area contributed by atoms with Crippen LogP contribution in [0.1, 0.15) is 18.1 Å². The van der Waals surface area contributed by atoms with E-state index in [2.05, 4.69) is 5.32 Å². The molecule has 1 amide bonds. The van der Waals surface area contributed by atoms with Crippen LogP contribution in [0.2, 0.25) is 0 Å². The van der Waals surface area contributed by atoms with Gasteiger partial charge in [-0.05, 0) is 11.1 Å². The molecular formula is C20H24N2O3. The van der Waals surface area contributed by atoms with Gasteiger partial charge in [0.25, 0.3) is 0 Å². The van der Waals surface area contributed by atoms with Crippen molar-refractivity contribution in [3.8, 4) is 0 Å². The van der Waals surface area contributed by atoms with Crippen molar-refractivity contribution in [1.29, 1.82) is 0 Å². The molecule has 25 heavy (non-hydrogen) atoms. The van der Waals surface area contributed by atoms with Gasteiger partial charge in [-0.3, -0.25) is 4.79 Å². The molecule has 0 radical (unpaired) electrons. The summed E-state index contributed by atoms with van der Waals surface area (Å²) in [4.78, 5) is 24.7. The smallest absolute Gasteiger partial charge is 0.329 e. The first-order valence-corrected chi connectivity index (χ1v) is 8.35. The highest BCUT2D eigenvalue weighted by Gasteiger charge is 2.24. The zero-order valence-electron chi connectivity index (χ0n) is 14.4. The van der Waals surface area contributed by atoms with Crippen LogP contribution in [0.5, 0.6) is 0 Å². The molecule has 132 valence electrons. The summed E-state index contributed by atoms with van der Waals surface area (Å²) in [5.41, 5.74) is 7.38. The van der Waals surface area contributed by atoms with Crippen molar-refractivity contribution in [2.45, 2.75) is 26.0 Å². The van der Waals surface area contributed by atoms with Crippen molar-refractivity contribution in [2.24, 2.45) is 11.7 Å². The Morgan fingerprint density at radius 1 is 1.00 bits per heavy atom. The number of benzene rings is 2. The number of ether oxygens (including phenoxy) is 1. The summed E-state index contributed by atoms with van der Waals surface area (Å²) in [6.07, 6.45) is 0.373. The lowest BCUT2D eigenvalue weighted by Gasteiger charge is -2.20. The summed E-state index contributed by atoms with van der Waals surface area (Å²) in [5.74, 6) is -1.06. The molecule has 0 aromatic heterocycles. The fourth-order valence-corrected chi connectivity index (χ4v) is 2.29. The number of nitrogens with two attached hydrogens (primary N) is 1. The summed E-state index contributed by atoms with van der Waals surface area (Å²) in [7, 11) is 0. The fourth-order valence-electron chi connectivity index (χ4n) is 2.29. The van der Waals surface area contributed by atoms with Crippen molar-refractivity contribution in [1.82, 2.24) is 5.32 Å². The Morgan fingerprint density at radius 3 is 2.12 bits per heavy atom. The number of nitrogens with one attached hydrogen (secondary N) is 1. The molecule has 2 aromatic rings. The van der Waals surface area contributed by atoms with Gasteiger partial charge in [-0.1, -0.05) is 67.6 Å². The van der Waals surface area contributed by atoms with Crippen molar-refractivity contribution in [2.75, 3.05) is 6.54 Å². The highest BCUT2D eigenvalue weighted by Crippen LogP contribution is 2.08. The van der Waals surface area contributed by atoms with E-state index in [4.69, 9.17) is 10.5 Å². The molecule has 0 saturated heterocycles. The second-order valence-electron chi connectivity index (χ2n) is 5.98. The molecule has 2 atom stereocenters. The monoisotopic (exact) mass is 340 g/mol. The highest BCUT2D eigenvalue weighted by molar-refractivity contribution is 5.85. The van der Waals surface area contributed by atoms with Gasteiger partial charge in [-0.15, -0.1) is 0 Å². The zero-order chi connectivity index (χ0) is 18.1. The van der Waals surface area contributed by atoms with Gasteiger partial charge in [-0.2, -0.15) is 0 Å². The van der Waals surface area contributed by atoms with E-state index in [1.807, 2.05) is 60.7 Å². The van der Waals surface area contributed by atoms with E-state index in [-0.39, 0.29) is 25.0 Å². The number of hydrogen-bond acceptors (Lipinski definition) is 4. The van der Waals surface area contributed by atoms with Crippen LogP contribution in [0.25, 0.3) is 0 Å². The topological polar surface area (TPSA) is 81.4 Å². The van der Waals surface area contributed by atoms with Crippen LogP contribution in [0.3, 0.4) is 0 Å². The minimum atomic E-state index is -0.743. The van der Waals surface area contributed by atoms with Crippen LogP contribution < -0.4 is 11.1 Å². The summed E-state index contributed by atoms with van der Waals surface area (Å²) >= 11 is 0. The second kappa shape index (κ2) is 9.59. The van der Waals surface area contributed by atoms with Gasteiger partial charge in [0.15, 0.2) is 0 Å². The lowest BCUT2D eigenvalue weighted by Crippen LogP contribution is -2.46. The van der Waals surface area contributed by atoms with E-state index in [9.17, 15) is 9.59 Å². The Bertz CT molecular complexity index is 674. The van der Waals surface area contributed by atoms with Crippen molar-refractivity contribution >= 4 is 11.9 Å². The third-order valence-corrected chi connectivity index (χ3v) is 3.91. The normalized spacial score (nSPS) is 12.9. The quantitative estimate of drug-likeness (QED) is 0.721. The Balaban J connectivity index is 2.03. The number of hydrogen-bond donors (Lipinski definition) is 2. The van der Waals surface area contributed by atoms with Crippen LogP contribution in [-0.2, 0) is 27.4 Å². The molecule has 5 nitrogen and oxygen atoms in total. The Labute approximate surface area is 148 Å². The number of carbonyl (C=O) groups is 2. The minimum Gasteiger partial charge on any atom is -0.459 e. The SMILES string of the molecule is CC(CN)C(=O)N[C@@H](Cc1ccccc1)C(=O)OCc1ccccc1. The van der Waals surface area contributed by atoms with Gasteiger partial charge < -0.3 is 15.8 Å². The maximum Gasteiger partial charge on any atom is 0.329 e. The van der Waals surface area contributed by atoms with Gasteiger partial charge in [0.2, 0.25) is 5.91 Å². The van der Waals surface area contributed by atoms with Crippen LogP contribution >= 0.6 is 0 Å². The Morgan fingerprint density at radius 2 is 1.56 bits per heavy atom. The first kappa shape index (κ1) is 18.7. The van der Waals surface area contributed by atoms with E-state index in [0.717, 1.165) is 11.1 Å². The van der Waals surface area contributed by atoms with E-state index in [1.165, 1.54) is 0 Å². The van der Waals surface area contributed by atoms with Gasteiger partial charge in [-0.25, -0.2) is 4.79 Å². The molecule has 0 heterocycles. The third kappa shape index (κ3) is 6.04. The van der Waals surface area contributed by atoms with E-state index in [0.29, 0.717) is 6.42 Å². The molecule has 0 aliphatic carbocycles. The molecule has 0 fully saturated rings. The van der Waals surface area contributed by atoms with Gasteiger partial charge in [0, 0.05) is 18.9 Å². The van der Waals surface area contributed by atoms with E-state index >= 15 is 0 Å². The second-order valence-corrected chi connectivity index (χ2v) is 5.98. The summed E-state index contributed by atoms with van der Waals surface area (Å²) < 4.78 is 5.39. The molecular weight excluding hydrogens is 316 g/mol. The highest BCUT2D eigenvalue weighted by atomic mass is 16.5. The molecule has 0 aliphatic rings. The number of esters is 1. The summed E-state index contributed by atoms with van der Waals surface area (Å²) in [6, 6.07) is 18.2. The lowest BCUT2D eigenvalue weighted by molar-refractivity contribution is -0.149. The molecule has 3 N–H and O–H groups in total. The maximum atomic E-state index is 12.5. The predicted octanol–water partition coefficient (Wildman–Crippen LogP) is 2.05. The Hall–Kier alpha value is -2.66. The van der Waals surface area contributed by atoms with Crippen LogP contribution in [0.4, 0.5) is 0 Å². The maximum absolute atomic E-state index is 12.5. The first-order valence-electron chi connectivity index (χ1n) is 8.35. The van der Waals surface area contributed by atoms with Gasteiger partial charge >= 0.3 is 5.97 Å². The molecule has 2 rings (SSSR count). The van der Waals surface area contributed by atoms with Crippen LogP contribution in [0, 0.1) is 5.92 Å². The van der Waals surface area contributed by atoms with Crippen molar-refractivity contribution in [3.05, 3.63) is 71.8 Å².